The number of aromatic nitrogens is 4. The molecule has 0 unspecified atom stereocenters. The SMILES string of the molecule is FC(F)COc1nn(C2CCC(N3[C@@H]4CC[C@H]3COC4)CC2)cc1Nc1ncccn1. The van der Waals surface area contributed by atoms with E-state index in [1.54, 1.807) is 18.5 Å². The molecule has 1 saturated carbocycles. The van der Waals surface area contributed by atoms with E-state index in [9.17, 15) is 8.78 Å². The van der Waals surface area contributed by atoms with Gasteiger partial charge in [0, 0.05) is 30.5 Å². The Bertz CT molecular complexity index is 843. The molecule has 8 nitrogen and oxygen atoms in total. The molecular weight excluding hydrogens is 406 g/mol. The zero-order chi connectivity index (χ0) is 21.2. The van der Waals surface area contributed by atoms with Crippen molar-refractivity contribution in [1.29, 1.82) is 0 Å². The van der Waals surface area contributed by atoms with Crippen LogP contribution in [-0.2, 0) is 4.74 Å². The second kappa shape index (κ2) is 9.04. The van der Waals surface area contributed by atoms with Crippen LogP contribution in [0.15, 0.2) is 24.7 Å². The van der Waals surface area contributed by atoms with E-state index in [0.717, 1.165) is 38.9 Å². The summed E-state index contributed by atoms with van der Waals surface area (Å²) in [6.45, 7) is 1.02. The molecule has 0 radical (unpaired) electrons. The molecule has 0 aromatic carbocycles. The first kappa shape index (κ1) is 20.6. The zero-order valence-electron chi connectivity index (χ0n) is 17.4. The molecule has 168 valence electrons. The molecule has 2 aliphatic heterocycles. The molecule has 3 fully saturated rings. The third kappa shape index (κ3) is 4.50. The summed E-state index contributed by atoms with van der Waals surface area (Å²) in [4.78, 5) is 11.0. The third-order valence-electron chi connectivity index (χ3n) is 6.62. The Morgan fingerprint density at radius 1 is 1.00 bits per heavy atom. The number of hydrogen-bond donors (Lipinski definition) is 1. The fourth-order valence-electron chi connectivity index (χ4n) is 5.26. The Balaban J connectivity index is 1.27. The Kier molecular flexibility index (Phi) is 5.99. The van der Waals surface area contributed by atoms with Crippen LogP contribution in [0.3, 0.4) is 0 Å². The highest BCUT2D eigenvalue weighted by molar-refractivity contribution is 5.58. The number of nitrogens with one attached hydrogen (secondary N) is 1. The van der Waals surface area contributed by atoms with E-state index < -0.39 is 13.0 Å². The van der Waals surface area contributed by atoms with E-state index in [4.69, 9.17) is 9.47 Å². The van der Waals surface area contributed by atoms with Crippen molar-refractivity contribution in [2.75, 3.05) is 25.1 Å². The van der Waals surface area contributed by atoms with Crippen LogP contribution in [-0.4, -0.2) is 69.0 Å². The first-order valence-corrected chi connectivity index (χ1v) is 11.1. The maximum atomic E-state index is 12.7. The fraction of sp³-hybridized carbons (Fsp3) is 0.667. The number of morpholine rings is 1. The molecule has 2 bridgehead atoms. The van der Waals surface area contributed by atoms with E-state index in [2.05, 4.69) is 25.3 Å². The second-order valence-corrected chi connectivity index (χ2v) is 8.56. The summed E-state index contributed by atoms with van der Waals surface area (Å²) in [5.74, 6) is 0.525. The number of hydrogen-bond acceptors (Lipinski definition) is 7. The third-order valence-corrected chi connectivity index (χ3v) is 6.62. The van der Waals surface area contributed by atoms with Crippen LogP contribution in [0.5, 0.6) is 5.88 Å². The molecule has 10 heteroatoms. The van der Waals surface area contributed by atoms with Crippen LogP contribution in [0, 0.1) is 0 Å². The highest BCUT2D eigenvalue weighted by Gasteiger charge is 2.42. The van der Waals surface area contributed by atoms with Gasteiger partial charge in [-0.2, -0.15) is 0 Å². The van der Waals surface area contributed by atoms with Gasteiger partial charge in [0.2, 0.25) is 5.95 Å². The quantitative estimate of drug-likeness (QED) is 0.716. The minimum atomic E-state index is -2.56. The summed E-state index contributed by atoms with van der Waals surface area (Å²) in [5, 5.41) is 7.53. The molecule has 4 heterocycles. The Hall–Kier alpha value is -2.33. The van der Waals surface area contributed by atoms with Crippen LogP contribution in [0.1, 0.15) is 44.6 Å². The summed E-state index contributed by atoms with van der Waals surface area (Å²) in [5.41, 5.74) is 0.500. The molecule has 2 aromatic heterocycles. The van der Waals surface area contributed by atoms with Gasteiger partial charge in [-0.25, -0.2) is 18.7 Å². The number of rotatable bonds is 7. The highest BCUT2D eigenvalue weighted by Crippen LogP contribution is 2.39. The lowest BCUT2D eigenvalue weighted by Crippen LogP contribution is -2.52. The predicted octanol–water partition coefficient (Wildman–Crippen LogP) is 3.41. The smallest absolute Gasteiger partial charge is 0.272 e. The lowest BCUT2D eigenvalue weighted by atomic mass is 9.89. The molecular formula is C21H28F2N6O2. The minimum Gasteiger partial charge on any atom is -0.469 e. The van der Waals surface area contributed by atoms with Crippen molar-refractivity contribution in [3.05, 3.63) is 24.7 Å². The van der Waals surface area contributed by atoms with E-state index in [-0.39, 0.29) is 11.9 Å². The summed E-state index contributed by atoms with van der Waals surface area (Å²) >= 11 is 0. The zero-order valence-corrected chi connectivity index (χ0v) is 17.4. The van der Waals surface area contributed by atoms with Gasteiger partial charge in [-0.1, -0.05) is 0 Å². The van der Waals surface area contributed by atoms with E-state index in [0.29, 0.717) is 29.8 Å². The van der Waals surface area contributed by atoms with Gasteiger partial charge in [0.15, 0.2) is 6.61 Å². The number of halogens is 2. The molecule has 1 N–H and O–H groups in total. The monoisotopic (exact) mass is 434 g/mol. The van der Waals surface area contributed by atoms with Crippen molar-refractivity contribution in [2.45, 2.75) is 69.1 Å². The van der Waals surface area contributed by atoms with Crippen LogP contribution in [0.4, 0.5) is 20.4 Å². The summed E-state index contributed by atoms with van der Waals surface area (Å²) in [6.07, 6.45) is 9.17. The van der Waals surface area contributed by atoms with Crippen LogP contribution in [0.25, 0.3) is 0 Å². The van der Waals surface area contributed by atoms with E-state index in [1.807, 2.05) is 10.9 Å². The van der Waals surface area contributed by atoms with Crippen molar-refractivity contribution in [1.82, 2.24) is 24.6 Å². The van der Waals surface area contributed by atoms with Crippen LogP contribution >= 0.6 is 0 Å². The van der Waals surface area contributed by atoms with Gasteiger partial charge < -0.3 is 14.8 Å². The number of anilines is 2. The lowest BCUT2D eigenvalue weighted by molar-refractivity contribution is -0.0458. The molecule has 31 heavy (non-hydrogen) atoms. The van der Waals surface area contributed by atoms with Crippen molar-refractivity contribution < 1.29 is 18.3 Å². The molecule has 2 saturated heterocycles. The topological polar surface area (TPSA) is 77.3 Å². The molecule has 1 aliphatic carbocycles. The minimum absolute atomic E-state index is 0.154. The summed E-state index contributed by atoms with van der Waals surface area (Å²) in [7, 11) is 0. The predicted molar refractivity (Wildman–Crippen MR) is 110 cm³/mol. The van der Waals surface area contributed by atoms with Crippen molar-refractivity contribution in [3.63, 3.8) is 0 Å². The molecule has 3 aliphatic rings. The van der Waals surface area contributed by atoms with E-state index >= 15 is 0 Å². The first-order chi connectivity index (χ1) is 15.2. The van der Waals surface area contributed by atoms with Crippen LogP contribution in [0.2, 0.25) is 0 Å². The average Bonchev–Trinajstić information content (AvgIpc) is 3.30. The van der Waals surface area contributed by atoms with Crippen molar-refractivity contribution in [3.8, 4) is 5.88 Å². The van der Waals surface area contributed by atoms with Crippen LogP contribution < -0.4 is 10.1 Å². The number of fused-ring (bicyclic) bond motifs is 2. The molecule has 2 atom stereocenters. The molecule has 0 spiro atoms. The van der Waals surface area contributed by atoms with Crippen molar-refractivity contribution in [2.24, 2.45) is 0 Å². The molecule has 2 aromatic rings. The Morgan fingerprint density at radius 3 is 2.32 bits per heavy atom. The maximum absolute atomic E-state index is 12.7. The maximum Gasteiger partial charge on any atom is 0.272 e. The van der Waals surface area contributed by atoms with Crippen molar-refractivity contribution >= 4 is 11.6 Å². The Labute approximate surface area is 179 Å². The second-order valence-electron chi connectivity index (χ2n) is 8.56. The average molecular weight is 434 g/mol. The van der Waals surface area contributed by atoms with Gasteiger partial charge in [-0.15, -0.1) is 5.10 Å². The molecule has 0 amide bonds. The lowest BCUT2D eigenvalue weighted by Gasteiger charge is -2.43. The van der Waals surface area contributed by atoms with Gasteiger partial charge in [0.05, 0.1) is 25.5 Å². The summed E-state index contributed by atoms with van der Waals surface area (Å²) < 4.78 is 38.3. The first-order valence-electron chi connectivity index (χ1n) is 11.1. The standard InChI is InChI=1S/C21H28F2N6O2/c22-19(23)13-31-20-18(26-21-24-8-1-9-25-21)10-28(27-20)14-2-4-15(5-3-14)29-16-6-7-17(29)12-30-11-16/h1,8-10,14-17,19H,2-7,11-13H2,(H,24,25,26)/t14?,15?,16-,17+. The van der Waals surface area contributed by atoms with Gasteiger partial charge in [0.1, 0.15) is 5.69 Å². The number of nitrogens with zero attached hydrogens (tertiary/aromatic N) is 5. The van der Waals surface area contributed by atoms with Gasteiger partial charge in [-0.05, 0) is 44.6 Å². The summed E-state index contributed by atoms with van der Waals surface area (Å²) in [6, 6.07) is 3.67. The normalized spacial score (nSPS) is 28.7. The van der Waals surface area contributed by atoms with Gasteiger partial charge in [0.25, 0.3) is 12.3 Å². The van der Waals surface area contributed by atoms with Gasteiger partial charge >= 0.3 is 0 Å². The fourth-order valence-corrected chi connectivity index (χ4v) is 5.26. The van der Waals surface area contributed by atoms with E-state index in [1.165, 1.54) is 12.8 Å². The highest BCUT2D eigenvalue weighted by atomic mass is 19.3. The number of alkyl halides is 2. The molecule has 5 rings (SSSR count). The Morgan fingerprint density at radius 2 is 1.65 bits per heavy atom. The van der Waals surface area contributed by atoms with Gasteiger partial charge in [-0.3, -0.25) is 9.58 Å². The number of ether oxygens (including phenoxy) is 2. The largest absolute Gasteiger partial charge is 0.469 e.